The second-order valence-electron chi connectivity index (χ2n) is 4.62. The number of nitrogens with zero attached hydrogens (tertiary/aromatic N) is 2. The lowest BCUT2D eigenvalue weighted by Gasteiger charge is -2.33. The van der Waals surface area contributed by atoms with Crippen LogP contribution in [0.15, 0.2) is 6.33 Å². The van der Waals surface area contributed by atoms with Crippen molar-refractivity contribution in [3.63, 3.8) is 0 Å². The van der Waals surface area contributed by atoms with Crippen LogP contribution in [0, 0.1) is 0 Å². The topological polar surface area (TPSA) is 49.8 Å². The van der Waals surface area contributed by atoms with Crippen molar-refractivity contribution in [2.45, 2.75) is 58.9 Å². The van der Waals surface area contributed by atoms with Gasteiger partial charge in [-0.25, -0.2) is 9.97 Å². The highest BCUT2D eigenvalue weighted by Gasteiger charge is 2.25. The van der Waals surface area contributed by atoms with Crippen molar-refractivity contribution in [3.8, 4) is 0 Å². The molecule has 18 heavy (non-hydrogen) atoms. The predicted molar refractivity (Wildman–Crippen MR) is 78.2 cm³/mol. The SMILES string of the molecule is CCc1c(NC)ncnc1NC(CC)(CC)CC. The highest BCUT2D eigenvalue weighted by Crippen LogP contribution is 2.28. The van der Waals surface area contributed by atoms with Crippen molar-refractivity contribution >= 4 is 11.6 Å². The molecule has 4 nitrogen and oxygen atoms in total. The Kier molecular flexibility index (Phi) is 5.38. The summed E-state index contributed by atoms with van der Waals surface area (Å²) < 4.78 is 0. The number of hydrogen-bond acceptors (Lipinski definition) is 4. The fraction of sp³-hybridized carbons (Fsp3) is 0.714. The molecule has 0 atom stereocenters. The maximum absolute atomic E-state index is 4.42. The van der Waals surface area contributed by atoms with Crippen LogP contribution in [-0.2, 0) is 6.42 Å². The molecule has 1 aromatic rings. The van der Waals surface area contributed by atoms with Crippen molar-refractivity contribution < 1.29 is 0 Å². The maximum Gasteiger partial charge on any atom is 0.135 e. The molecule has 0 aliphatic rings. The minimum absolute atomic E-state index is 0.142. The van der Waals surface area contributed by atoms with E-state index in [0.29, 0.717) is 0 Å². The molecule has 1 aromatic heterocycles. The van der Waals surface area contributed by atoms with Crippen LogP contribution in [0.3, 0.4) is 0 Å². The number of nitrogens with one attached hydrogen (secondary N) is 2. The molecule has 0 saturated heterocycles. The third-order valence-electron chi connectivity index (χ3n) is 3.95. The lowest BCUT2D eigenvalue weighted by Crippen LogP contribution is -2.37. The quantitative estimate of drug-likeness (QED) is 0.778. The van der Waals surface area contributed by atoms with Gasteiger partial charge >= 0.3 is 0 Å². The Balaban J connectivity index is 3.09. The molecule has 0 unspecified atom stereocenters. The largest absolute Gasteiger partial charge is 0.373 e. The van der Waals surface area contributed by atoms with Gasteiger partial charge in [-0.1, -0.05) is 27.7 Å². The van der Waals surface area contributed by atoms with E-state index in [4.69, 9.17) is 0 Å². The first kappa shape index (κ1) is 14.7. The fourth-order valence-corrected chi connectivity index (χ4v) is 2.34. The summed E-state index contributed by atoms with van der Waals surface area (Å²) in [4.78, 5) is 8.70. The Hall–Kier alpha value is -1.32. The average molecular weight is 250 g/mol. The molecule has 0 aliphatic carbocycles. The van der Waals surface area contributed by atoms with E-state index in [2.05, 4.69) is 48.3 Å². The minimum atomic E-state index is 0.142. The standard InChI is InChI=1S/C14H26N4/c1-6-11-12(15-5)16-10-17-13(11)18-14(7-2,8-3)9-4/h10H,6-9H2,1-5H3,(H2,15,16,17,18). The fourth-order valence-electron chi connectivity index (χ4n) is 2.34. The second-order valence-corrected chi connectivity index (χ2v) is 4.62. The summed E-state index contributed by atoms with van der Waals surface area (Å²) in [5.74, 6) is 1.90. The summed E-state index contributed by atoms with van der Waals surface area (Å²) in [5.41, 5.74) is 1.31. The zero-order valence-electron chi connectivity index (χ0n) is 12.3. The van der Waals surface area contributed by atoms with Crippen LogP contribution in [0.5, 0.6) is 0 Å². The Morgan fingerprint density at radius 3 is 2.00 bits per heavy atom. The molecular formula is C14H26N4. The van der Waals surface area contributed by atoms with Crippen LogP contribution in [0.1, 0.15) is 52.5 Å². The normalized spacial score (nSPS) is 11.4. The molecule has 0 aliphatic heterocycles. The van der Waals surface area contributed by atoms with E-state index in [9.17, 15) is 0 Å². The van der Waals surface area contributed by atoms with E-state index in [0.717, 1.165) is 37.3 Å². The summed E-state index contributed by atoms with van der Waals surface area (Å²) >= 11 is 0. The van der Waals surface area contributed by atoms with E-state index in [1.54, 1.807) is 6.33 Å². The van der Waals surface area contributed by atoms with E-state index in [-0.39, 0.29) is 5.54 Å². The van der Waals surface area contributed by atoms with Crippen molar-refractivity contribution in [2.24, 2.45) is 0 Å². The minimum Gasteiger partial charge on any atom is -0.373 e. The lowest BCUT2D eigenvalue weighted by atomic mass is 9.89. The Labute approximate surface area is 111 Å². The van der Waals surface area contributed by atoms with Gasteiger partial charge < -0.3 is 10.6 Å². The van der Waals surface area contributed by atoms with Gasteiger partial charge in [0.25, 0.3) is 0 Å². The number of hydrogen-bond donors (Lipinski definition) is 2. The zero-order valence-corrected chi connectivity index (χ0v) is 12.3. The molecule has 0 fully saturated rings. The molecule has 0 bridgehead atoms. The summed E-state index contributed by atoms with van der Waals surface area (Å²) in [6.45, 7) is 8.82. The lowest BCUT2D eigenvalue weighted by molar-refractivity contribution is 0.418. The summed E-state index contributed by atoms with van der Waals surface area (Å²) in [7, 11) is 1.90. The molecule has 0 spiro atoms. The molecule has 102 valence electrons. The highest BCUT2D eigenvalue weighted by atomic mass is 15.1. The first-order valence-electron chi connectivity index (χ1n) is 6.96. The van der Waals surface area contributed by atoms with Crippen LogP contribution in [0.25, 0.3) is 0 Å². The summed E-state index contributed by atoms with van der Waals surface area (Å²) in [6.07, 6.45) is 5.85. The monoisotopic (exact) mass is 250 g/mol. The van der Waals surface area contributed by atoms with E-state index >= 15 is 0 Å². The van der Waals surface area contributed by atoms with Gasteiger partial charge in [-0.3, -0.25) is 0 Å². The average Bonchev–Trinajstić information content (AvgIpc) is 2.44. The molecule has 0 saturated carbocycles. The van der Waals surface area contributed by atoms with Gasteiger partial charge in [0.2, 0.25) is 0 Å². The van der Waals surface area contributed by atoms with Gasteiger partial charge in [-0.05, 0) is 25.7 Å². The number of rotatable bonds is 7. The van der Waals surface area contributed by atoms with Crippen molar-refractivity contribution in [3.05, 3.63) is 11.9 Å². The van der Waals surface area contributed by atoms with E-state index in [1.165, 1.54) is 5.56 Å². The molecular weight excluding hydrogens is 224 g/mol. The van der Waals surface area contributed by atoms with E-state index in [1.807, 2.05) is 7.05 Å². The van der Waals surface area contributed by atoms with Crippen LogP contribution in [0.2, 0.25) is 0 Å². The molecule has 2 N–H and O–H groups in total. The van der Waals surface area contributed by atoms with E-state index < -0.39 is 0 Å². The van der Waals surface area contributed by atoms with Gasteiger partial charge in [0.1, 0.15) is 18.0 Å². The summed E-state index contributed by atoms with van der Waals surface area (Å²) in [5, 5.41) is 6.78. The summed E-state index contributed by atoms with van der Waals surface area (Å²) in [6, 6.07) is 0. The highest BCUT2D eigenvalue weighted by molar-refractivity contribution is 5.58. The smallest absolute Gasteiger partial charge is 0.135 e. The molecule has 0 aromatic carbocycles. The predicted octanol–water partition coefficient (Wildman–Crippen LogP) is 3.46. The van der Waals surface area contributed by atoms with Crippen LogP contribution in [0.4, 0.5) is 11.6 Å². The first-order chi connectivity index (χ1) is 8.66. The second kappa shape index (κ2) is 6.57. The number of anilines is 2. The Morgan fingerprint density at radius 1 is 1.00 bits per heavy atom. The van der Waals surface area contributed by atoms with Gasteiger partial charge in [-0.15, -0.1) is 0 Å². The molecule has 0 radical (unpaired) electrons. The van der Waals surface area contributed by atoms with Crippen molar-refractivity contribution in [2.75, 3.05) is 17.7 Å². The maximum atomic E-state index is 4.42. The van der Waals surface area contributed by atoms with Gasteiger partial charge in [0, 0.05) is 18.2 Å². The third-order valence-corrected chi connectivity index (χ3v) is 3.95. The molecule has 1 rings (SSSR count). The zero-order chi connectivity index (χ0) is 13.6. The molecule has 4 heteroatoms. The van der Waals surface area contributed by atoms with Gasteiger partial charge in [-0.2, -0.15) is 0 Å². The molecule has 1 heterocycles. The first-order valence-corrected chi connectivity index (χ1v) is 6.96. The molecule has 0 amide bonds. The van der Waals surface area contributed by atoms with Crippen LogP contribution < -0.4 is 10.6 Å². The van der Waals surface area contributed by atoms with Crippen LogP contribution >= 0.6 is 0 Å². The van der Waals surface area contributed by atoms with Crippen molar-refractivity contribution in [1.29, 1.82) is 0 Å². The Morgan fingerprint density at radius 2 is 1.56 bits per heavy atom. The van der Waals surface area contributed by atoms with Gasteiger partial charge in [0.05, 0.1) is 0 Å². The van der Waals surface area contributed by atoms with Gasteiger partial charge in [0.15, 0.2) is 0 Å². The van der Waals surface area contributed by atoms with Crippen molar-refractivity contribution in [1.82, 2.24) is 9.97 Å². The van der Waals surface area contributed by atoms with Crippen LogP contribution in [-0.4, -0.2) is 22.6 Å². The number of aromatic nitrogens is 2. The Bertz CT molecular complexity index is 364. The third kappa shape index (κ3) is 2.92.